The molecular weight excluding hydrogens is 182 g/mol. The van der Waals surface area contributed by atoms with Gasteiger partial charge < -0.3 is 4.74 Å². The van der Waals surface area contributed by atoms with Crippen LogP contribution >= 0.6 is 0 Å². The molecule has 1 rings (SSSR count). The molecule has 14 heavy (non-hydrogen) atoms. The third kappa shape index (κ3) is 2.13. The summed E-state index contributed by atoms with van der Waals surface area (Å²) in [5.41, 5.74) is 0. The molecule has 0 radical (unpaired) electrons. The Bertz CT molecular complexity index is 260. The second-order valence-corrected chi connectivity index (χ2v) is 3.23. The second kappa shape index (κ2) is 4.79. The molecule has 1 aliphatic rings. The molecule has 0 aromatic heterocycles. The van der Waals surface area contributed by atoms with E-state index in [0.717, 1.165) is 12.8 Å². The Morgan fingerprint density at radius 1 is 1.71 bits per heavy atom. The van der Waals surface area contributed by atoms with Gasteiger partial charge in [-0.2, -0.15) is 0 Å². The van der Waals surface area contributed by atoms with Gasteiger partial charge in [0.2, 0.25) is 0 Å². The molecule has 1 atom stereocenters. The van der Waals surface area contributed by atoms with Crippen molar-refractivity contribution in [3.8, 4) is 0 Å². The number of carbonyl (C=O) groups excluding carboxylic acids is 2. The smallest absolute Gasteiger partial charge is 0.417 e. The number of rotatable bonds is 3. The van der Waals surface area contributed by atoms with Gasteiger partial charge >= 0.3 is 6.09 Å². The van der Waals surface area contributed by atoms with Gasteiger partial charge in [0.1, 0.15) is 6.61 Å². The summed E-state index contributed by atoms with van der Waals surface area (Å²) in [6.07, 6.45) is 4.22. The third-order valence-corrected chi connectivity index (χ3v) is 2.13. The molecule has 0 aromatic rings. The third-order valence-electron chi connectivity index (χ3n) is 2.13. The van der Waals surface area contributed by atoms with Crippen molar-refractivity contribution in [2.24, 2.45) is 0 Å². The van der Waals surface area contributed by atoms with Crippen molar-refractivity contribution in [1.29, 1.82) is 0 Å². The lowest BCUT2D eigenvalue weighted by Gasteiger charge is -2.16. The fraction of sp³-hybridized carbons (Fsp3) is 0.600. The quantitative estimate of drug-likeness (QED) is 0.647. The molecule has 0 aromatic carbocycles. The van der Waals surface area contributed by atoms with Gasteiger partial charge in [-0.1, -0.05) is 19.4 Å². The lowest BCUT2D eigenvalue weighted by atomic mass is 10.1. The molecule has 1 unspecified atom stereocenters. The van der Waals surface area contributed by atoms with Crippen molar-refractivity contribution in [3.63, 3.8) is 0 Å². The first-order chi connectivity index (χ1) is 6.70. The van der Waals surface area contributed by atoms with Gasteiger partial charge in [-0.05, 0) is 19.4 Å². The minimum atomic E-state index is -0.522. The average Bonchev–Trinajstić information content (AvgIpc) is 2.48. The lowest BCUT2D eigenvalue weighted by molar-refractivity contribution is -0.124. The van der Waals surface area contributed by atoms with E-state index in [1.165, 1.54) is 11.0 Å². The van der Waals surface area contributed by atoms with Gasteiger partial charge in [-0.25, -0.2) is 9.69 Å². The van der Waals surface area contributed by atoms with Crippen LogP contribution < -0.4 is 0 Å². The van der Waals surface area contributed by atoms with Crippen molar-refractivity contribution in [1.82, 2.24) is 4.90 Å². The molecule has 4 heteroatoms. The molecule has 0 spiro atoms. The van der Waals surface area contributed by atoms with Crippen LogP contribution in [-0.2, 0) is 9.53 Å². The summed E-state index contributed by atoms with van der Waals surface area (Å²) >= 11 is 0. The molecule has 1 saturated heterocycles. The van der Waals surface area contributed by atoms with Crippen LogP contribution in [-0.4, -0.2) is 29.5 Å². The van der Waals surface area contributed by atoms with E-state index < -0.39 is 6.09 Å². The molecule has 0 bridgehead atoms. The van der Waals surface area contributed by atoms with Crippen LogP contribution in [0.2, 0.25) is 0 Å². The van der Waals surface area contributed by atoms with Gasteiger partial charge in [-0.3, -0.25) is 4.79 Å². The molecule has 1 heterocycles. The van der Waals surface area contributed by atoms with E-state index in [1.807, 2.05) is 6.92 Å². The summed E-state index contributed by atoms with van der Waals surface area (Å²) in [7, 11) is 0. The Labute approximate surface area is 83.5 Å². The van der Waals surface area contributed by atoms with E-state index in [0.29, 0.717) is 6.61 Å². The fourth-order valence-corrected chi connectivity index (χ4v) is 1.50. The number of hydrogen-bond acceptors (Lipinski definition) is 3. The topological polar surface area (TPSA) is 46.6 Å². The fourth-order valence-electron chi connectivity index (χ4n) is 1.50. The number of carbonyl (C=O) groups is 2. The Morgan fingerprint density at radius 2 is 2.43 bits per heavy atom. The summed E-state index contributed by atoms with van der Waals surface area (Å²) in [6.45, 7) is 4.09. The lowest BCUT2D eigenvalue weighted by Crippen LogP contribution is -2.37. The normalized spacial score (nSPS) is 21.7. The van der Waals surface area contributed by atoms with E-state index >= 15 is 0 Å². The van der Waals surface area contributed by atoms with E-state index in [1.54, 1.807) is 13.0 Å². The van der Waals surface area contributed by atoms with Gasteiger partial charge in [0.05, 0.1) is 6.04 Å². The van der Waals surface area contributed by atoms with Crippen LogP contribution in [0.1, 0.15) is 26.7 Å². The summed E-state index contributed by atoms with van der Waals surface area (Å²) < 4.78 is 4.83. The van der Waals surface area contributed by atoms with Crippen LogP contribution in [0.25, 0.3) is 0 Å². The zero-order valence-electron chi connectivity index (χ0n) is 8.53. The summed E-state index contributed by atoms with van der Waals surface area (Å²) in [4.78, 5) is 23.9. The first-order valence-corrected chi connectivity index (χ1v) is 4.83. The minimum Gasteiger partial charge on any atom is -0.447 e. The largest absolute Gasteiger partial charge is 0.447 e. The maximum absolute atomic E-state index is 11.5. The number of imide groups is 1. The molecule has 0 N–H and O–H groups in total. The molecular formula is C10H15NO3. The van der Waals surface area contributed by atoms with Gasteiger partial charge in [0.15, 0.2) is 0 Å². The molecule has 0 saturated carbocycles. The Hall–Kier alpha value is -1.32. The monoisotopic (exact) mass is 197 g/mol. The van der Waals surface area contributed by atoms with E-state index in [4.69, 9.17) is 4.74 Å². The van der Waals surface area contributed by atoms with Crippen molar-refractivity contribution >= 4 is 12.0 Å². The standard InChI is InChI=1S/C10H15NO3/c1-3-5-8-7-14-10(13)11(8)9(12)6-4-2/h4,6,8H,3,5,7H2,1-2H3/b6-4+. The molecule has 2 amide bonds. The van der Waals surface area contributed by atoms with E-state index in [2.05, 4.69) is 0 Å². The highest BCUT2D eigenvalue weighted by molar-refractivity contribution is 5.99. The zero-order valence-corrected chi connectivity index (χ0v) is 8.53. The summed E-state index contributed by atoms with van der Waals surface area (Å²) in [5.74, 6) is -0.284. The summed E-state index contributed by atoms with van der Waals surface area (Å²) in [6, 6.07) is -0.0869. The predicted octanol–water partition coefficient (Wildman–Crippen LogP) is 1.71. The van der Waals surface area contributed by atoms with Crippen LogP contribution in [0, 0.1) is 0 Å². The van der Waals surface area contributed by atoms with Gasteiger partial charge in [0, 0.05) is 0 Å². The number of amides is 2. The highest BCUT2D eigenvalue weighted by Crippen LogP contribution is 2.17. The van der Waals surface area contributed by atoms with Gasteiger partial charge in [0.25, 0.3) is 5.91 Å². The molecule has 78 valence electrons. The van der Waals surface area contributed by atoms with E-state index in [-0.39, 0.29) is 11.9 Å². The number of nitrogens with zero attached hydrogens (tertiary/aromatic N) is 1. The average molecular weight is 197 g/mol. The molecule has 1 fully saturated rings. The van der Waals surface area contributed by atoms with Crippen LogP contribution in [0.4, 0.5) is 4.79 Å². The van der Waals surface area contributed by atoms with Crippen LogP contribution in [0.3, 0.4) is 0 Å². The summed E-state index contributed by atoms with van der Waals surface area (Å²) in [5, 5.41) is 0. The van der Waals surface area contributed by atoms with Crippen LogP contribution in [0.15, 0.2) is 12.2 Å². The Balaban J connectivity index is 2.71. The maximum Gasteiger partial charge on any atom is 0.417 e. The number of ether oxygens (including phenoxy) is 1. The van der Waals surface area contributed by atoms with E-state index in [9.17, 15) is 9.59 Å². The highest BCUT2D eigenvalue weighted by Gasteiger charge is 2.35. The van der Waals surface area contributed by atoms with Crippen molar-refractivity contribution < 1.29 is 14.3 Å². The number of allylic oxidation sites excluding steroid dienone is 1. The van der Waals surface area contributed by atoms with Crippen LogP contribution in [0.5, 0.6) is 0 Å². The zero-order chi connectivity index (χ0) is 10.6. The SMILES string of the molecule is C/C=C/C(=O)N1C(=O)OCC1CCC. The van der Waals surface area contributed by atoms with Gasteiger partial charge in [-0.15, -0.1) is 0 Å². The predicted molar refractivity (Wildman–Crippen MR) is 51.7 cm³/mol. The first kappa shape index (κ1) is 10.8. The Morgan fingerprint density at radius 3 is 3.00 bits per heavy atom. The molecule has 1 aliphatic heterocycles. The highest BCUT2D eigenvalue weighted by atomic mass is 16.6. The maximum atomic E-state index is 11.5. The van der Waals surface area contributed by atoms with Crippen molar-refractivity contribution in [2.75, 3.05) is 6.61 Å². The number of hydrogen-bond donors (Lipinski definition) is 0. The van der Waals surface area contributed by atoms with Crippen molar-refractivity contribution in [2.45, 2.75) is 32.7 Å². The minimum absolute atomic E-state index is 0.0869. The first-order valence-electron chi connectivity index (χ1n) is 4.83. The number of cyclic esters (lactones) is 1. The molecule has 0 aliphatic carbocycles. The molecule has 4 nitrogen and oxygen atoms in total. The van der Waals surface area contributed by atoms with Crippen molar-refractivity contribution in [3.05, 3.63) is 12.2 Å². The Kier molecular flexibility index (Phi) is 3.68. The second-order valence-electron chi connectivity index (χ2n) is 3.23.